The summed E-state index contributed by atoms with van der Waals surface area (Å²) in [6.07, 6.45) is 0.658. The van der Waals surface area contributed by atoms with Gasteiger partial charge in [0.1, 0.15) is 11.8 Å². The number of aryl methyl sites for hydroxylation is 1. The van der Waals surface area contributed by atoms with Gasteiger partial charge >= 0.3 is 5.97 Å². The Morgan fingerprint density at radius 2 is 1.94 bits per heavy atom. The second kappa shape index (κ2) is 8.70. The number of carboxylic acid groups (broad SMARTS) is 1. The van der Waals surface area contributed by atoms with Crippen molar-refractivity contribution in [1.82, 2.24) is 14.4 Å². The minimum atomic E-state index is -2.80. The molecule has 0 amide bonds. The average Bonchev–Trinajstić information content (AvgIpc) is 2.79. The first-order valence-electron chi connectivity index (χ1n) is 10.7. The molecule has 0 bridgehead atoms. The van der Waals surface area contributed by atoms with Gasteiger partial charge in [-0.3, -0.25) is 14.2 Å². The van der Waals surface area contributed by atoms with Crippen molar-refractivity contribution in [3.63, 3.8) is 0 Å². The summed E-state index contributed by atoms with van der Waals surface area (Å²) in [6, 6.07) is 7.68. The third kappa shape index (κ3) is 4.26. The number of nitriles is 1. The van der Waals surface area contributed by atoms with Gasteiger partial charge < -0.3 is 15.3 Å². The Morgan fingerprint density at radius 1 is 1.26 bits per heavy atom. The Hall–Kier alpha value is -4.07. The van der Waals surface area contributed by atoms with E-state index in [9.17, 15) is 28.7 Å². The van der Waals surface area contributed by atoms with Gasteiger partial charge in [-0.25, -0.2) is 18.6 Å². The number of hydrogen-bond acceptors (Lipinski definition) is 7. The number of carbonyl (C=O) groups is 1. The standard InChI is InChI=1S/C23H22F2N6O3/c1-13-12-31-20(18(27-13)14(2)28-17-6-4-3-5-15(17)22(33)34)29-19(16(11-26)21(31)32)30-9-7-23(24,25)8-10-30/h3-6,12,14,28H,7-10H2,1-2H3,(H,33,34)/t14-/m1/s1. The lowest BCUT2D eigenvalue weighted by Crippen LogP contribution is -2.41. The van der Waals surface area contributed by atoms with Crippen LogP contribution >= 0.6 is 0 Å². The molecule has 0 saturated carbocycles. The first-order chi connectivity index (χ1) is 16.1. The Morgan fingerprint density at radius 3 is 2.59 bits per heavy atom. The van der Waals surface area contributed by atoms with Gasteiger partial charge in [0.05, 0.1) is 17.3 Å². The maximum Gasteiger partial charge on any atom is 0.337 e. The second-order valence-electron chi connectivity index (χ2n) is 8.25. The molecule has 2 N–H and O–H groups in total. The van der Waals surface area contributed by atoms with Crippen molar-refractivity contribution in [1.29, 1.82) is 5.26 Å². The number of piperidine rings is 1. The molecule has 0 unspecified atom stereocenters. The van der Waals surface area contributed by atoms with Crippen molar-refractivity contribution in [2.75, 3.05) is 23.3 Å². The molecule has 0 spiro atoms. The predicted octanol–water partition coefficient (Wildman–Crippen LogP) is 3.38. The topological polar surface area (TPSA) is 124 Å². The number of carboxylic acids is 1. The highest BCUT2D eigenvalue weighted by molar-refractivity contribution is 5.94. The summed E-state index contributed by atoms with van der Waals surface area (Å²) in [5.41, 5.74) is 0.582. The van der Waals surface area contributed by atoms with Gasteiger partial charge in [0.2, 0.25) is 0 Å². The van der Waals surface area contributed by atoms with Crippen molar-refractivity contribution in [2.45, 2.75) is 38.7 Å². The lowest BCUT2D eigenvalue weighted by Gasteiger charge is -2.33. The van der Waals surface area contributed by atoms with Crippen LogP contribution < -0.4 is 15.8 Å². The lowest BCUT2D eigenvalue weighted by atomic mass is 10.1. The molecular formula is C23H22F2N6O3. The van der Waals surface area contributed by atoms with E-state index < -0.39 is 36.3 Å². The van der Waals surface area contributed by atoms with Crippen LogP contribution in [0.3, 0.4) is 0 Å². The molecule has 4 rings (SSSR count). The minimum Gasteiger partial charge on any atom is -0.478 e. The van der Waals surface area contributed by atoms with Crippen LogP contribution in [-0.4, -0.2) is 44.5 Å². The van der Waals surface area contributed by atoms with Crippen LogP contribution in [-0.2, 0) is 0 Å². The van der Waals surface area contributed by atoms with Gasteiger partial charge in [-0.2, -0.15) is 5.26 Å². The molecule has 1 saturated heterocycles. The summed E-state index contributed by atoms with van der Waals surface area (Å²) >= 11 is 0. The number of aromatic carboxylic acids is 1. The number of rotatable bonds is 5. The second-order valence-corrected chi connectivity index (χ2v) is 8.25. The summed E-state index contributed by atoms with van der Waals surface area (Å²) in [5, 5.41) is 22.2. The normalized spacial score (nSPS) is 16.1. The van der Waals surface area contributed by atoms with Gasteiger partial charge in [0, 0.05) is 37.8 Å². The predicted molar refractivity (Wildman–Crippen MR) is 121 cm³/mol. The third-order valence-electron chi connectivity index (χ3n) is 5.78. The fourth-order valence-corrected chi connectivity index (χ4v) is 4.04. The zero-order valence-corrected chi connectivity index (χ0v) is 18.5. The third-order valence-corrected chi connectivity index (χ3v) is 5.78. The SMILES string of the molecule is Cc1cn2c(=O)c(C#N)c(N3CCC(F)(F)CC3)nc2c([C@@H](C)Nc2ccccc2C(=O)O)n1. The van der Waals surface area contributed by atoms with E-state index in [1.807, 2.05) is 6.07 Å². The molecule has 3 aromatic rings. The lowest BCUT2D eigenvalue weighted by molar-refractivity contribution is -0.0221. The van der Waals surface area contributed by atoms with E-state index in [4.69, 9.17) is 0 Å². The van der Waals surface area contributed by atoms with Crippen molar-refractivity contribution >= 4 is 23.1 Å². The van der Waals surface area contributed by atoms with Crippen molar-refractivity contribution < 1.29 is 18.7 Å². The molecule has 1 atom stereocenters. The van der Waals surface area contributed by atoms with Crippen LogP contribution in [0.1, 0.15) is 53.1 Å². The summed E-state index contributed by atoms with van der Waals surface area (Å²) in [4.78, 5) is 35.4. The molecular weight excluding hydrogens is 446 g/mol. The van der Waals surface area contributed by atoms with Crippen LogP contribution in [0.15, 0.2) is 35.3 Å². The smallest absolute Gasteiger partial charge is 0.337 e. The number of hydrogen-bond donors (Lipinski definition) is 2. The molecule has 0 aliphatic carbocycles. The van der Waals surface area contributed by atoms with E-state index in [1.165, 1.54) is 21.6 Å². The number of alkyl halides is 2. The fourth-order valence-electron chi connectivity index (χ4n) is 4.04. The van der Waals surface area contributed by atoms with Crippen LogP contribution in [0, 0.1) is 18.3 Å². The van der Waals surface area contributed by atoms with Crippen LogP contribution in [0.25, 0.3) is 5.65 Å². The average molecular weight is 468 g/mol. The monoisotopic (exact) mass is 468 g/mol. The molecule has 1 aliphatic rings. The van der Waals surface area contributed by atoms with Crippen LogP contribution in [0.2, 0.25) is 0 Å². The highest BCUT2D eigenvalue weighted by atomic mass is 19.3. The van der Waals surface area contributed by atoms with Crippen molar-refractivity contribution in [3.05, 3.63) is 63.3 Å². The number of benzene rings is 1. The highest BCUT2D eigenvalue weighted by Crippen LogP contribution is 2.31. The molecule has 3 heterocycles. The quantitative estimate of drug-likeness (QED) is 0.584. The maximum absolute atomic E-state index is 13.7. The van der Waals surface area contributed by atoms with E-state index in [1.54, 1.807) is 32.0 Å². The van der Waals surface area contributed by atoms with E-state index in [0.717, 1.165) is 0 Å². The Bertz CT molecular complexity index is 1370. The van der Waals surface area contributed by atoms with Gasteiger partial charge in [0.15, 0.2) is 17.0 Å². The summed E-state index contributed by atoms with van der Waals surface area (Å²) in [5.74, 6) is -3.85. The Balaban J connectivity index is 1.83. The molecule has 0 radical (unpaired) electrons. The largest absolute Gasteiger partial charge is 0.478 e. The van der Waals surface area contributed by atoms with Crippen LogP contribution in [0.4, 0.5) is 20.3 Å². The van der Waals surface area contributed by atoms with Gasteiger partial charge in [-0.15, -0.1) is 0 Å². The zero-order chi connectivity index (χ0) is 24.6. The molecule has 1 aliphatic heterocycles. The number of anilines is 2. The molecule has 2 aromatic heterocycles. The van der Waals surface area contributed by atoms with E-state index in [0.29, 0.717) is 17.1 Å². The van der Waals surface area contributed by atoms with Gasteiger partial charge in [-0.05, 0) is 26.0 Å². The number of nitrogens with zero attached hydrogens (tertiary/aromatic N) is 5. The number of para-hydroxylation sites is 1. The Kier molecular flexibility index (Phi) is 5.91. The van der Waals surface area contributed by atoms with Crippen molar-refractivity contribution in [2.24, 2.45) is 0 Å². The molecule has 176 valence electrons. The van der Waals surface area contributed by atoms with Crippen molar-refractivity contribution in [3.8, 4) is 6.07 Å². The van der Waals surface area contributed by atoms with E-state index in [2.05, 4.69) is 15.3 Å². The highest BCUT2D eigenvalue weighted by Gasteiger charge is 2.35. The zero-order valence-electron chi connectivity index (χ0n) is 18.5. The fraction of sp³-hybridized carbons (Fsp3) is 0.348. The molecule has 11 heteroatoms. The summed E-state index contributed by atoms with van der Waals surface area (Å²) in [7, 11) is 0. The number of aromatic nitrogens is 3. The molecule has 1 fully saturated rings. The molecule has 1 aromatic carbocycles. The molecule has 9 nitrogen and oxygen atoms in total. The van der Waals surface area contributed by atoms with Gasteiger partial charge in [-0.1, -0.05) is 12.1 Å². The Labute approximate surface area is 193 Å². The van der Waals surface area contributed by atoms with E-state index >= 15 is 0 Å². The number of halogens is 2. The van der Waals surface area contributed by atoms with Crippen LogP contribution in [0.5, 0.6) is 0 Å². The summed E-state index contributed by atoms with van der Waals surface area (Å²) in [6.45, 7) is 3.34. The number of nitrogens with one attached hydrogen (secondary N) is 1. The van der Waals surface area contributed by atoms with E-state index in [-0.39, 0.29) is 35.7 Å². The maximum atomic E-state index is 13.7. The molecule has 34 heavy (non-hydrogen) atoms. The number of fused-ring (bicyclic) bond motifs is 1. The van der Waals surface area contributed by atoms with Gasteiger partial charge in [0.25, 0.3) is 11.5 Å². The summed E-state index contributed by atoms with van der Waals surface area (Å²) < 4.78 is 28.6. The minimum absolute atomic E-state index is 0.0429. The first kappa shape index (κ1) is 23.1. The first-order valence-corrected chi connectivity index (χ1v) is 10.7.